The fourth-order valence-corrected chi connectivity index (χ4v) is 4.22. The van der Waals surface area contributed by atoms with E-state index in [1.165, 1.54) is 7.11 Å². The molecule has 0 saturated carbocycles. The molecular weight excluding hydrogens is 398 g/mol. The molecule has 0 spiro atoms. The molecule has 2 saturated heterocycles. The standard InChI is InChI=1S/C18H35N3O7Si/c1-16(2,3)29(7,8)25-9-12(20-21-19)13-14-15(28-17(4,5)26-14)18(22,27-13)10-24-11-23-6/h12-15,22H,9-11H2,1-8H3/t12-,13+,14-,15-,18?/m1/s1. The molecule has 2 rings (SSSR count). The van der Waals surface area contributed by atoms with Gasteiger partial charge in [0, 0.05) is 18.6 Å². The van der Waals surface area contributed by atoms with E-state index in [-0.39, 0.29) is 25.0 Å². The van der Waals surface area contributed by atoms with Crippen molar-refractivity contribution in [2.75, 3.05) is 27.1 Å². The molecule has 0 aliphatic carbocycles. The van der Waals surface area contributed by atoms with Gasteiger partial charge in [-0.2, -0.15) is 0 Å². The smallest absolute Gasteiger partial charge is 0.219 e. The first-order valence-corrected chi connectivity index (χ1v) is 12.7. The van der Waals surface area contributed by atoms with Gasteiger partial charge in [0.25, 0.3) is 0 Å². The SMILES string of the molecule is COCOCC1(O)O[C@@H]([C@@H](CO[Si](C)(C)C(C)(C)C)N=[N+]=[N-])[C@H]2OC(C)(C)O[C@H]21. The van der Waals surface area contributed by atoms with E-state index >= 15 is 0 Å². The predicted molar refractivity (Wildman–Crippen MR) is 108 cm³/mol. The fourth-order valence-electron chi connectivity index (χ4n) is 3.20. The van der Waals surface area contributed by atoms with Gasteiger partial charge in [-0.1, -0.05) is 25.9 Å². The third-order valence-electron chi connectivity index (χ3n) is 5.75. The lowest BCUT2D eigenvalue weighted by atomic mass is 10.0. The maximum atomic E-state index is 11.1. The van der Waals surface area contributed by atoms with Crippen LogP contribution in [0.3, 0.4) is 0 Å². The van der Waals surface area contributed by atoms with Crippen LogP contribution in [0.25, 0.3) is 10.4 Å². The normalized spacial score (nSPS) is 32.7. The minimum absolute atomic E-state index is 0.00331. The molecule has 0 aromatic rings. The van der Waals surface area contributed by atoms with Crippen LogP contribution in [0.2, 0.25) is 18.1 Å². The Morgan fingerprint density at radius 1 is 1.24 bits per heavy atom. The molecule has 1 N–H and O–H groups in total. The lowest BCUT2D eigenvalue weighted by molar-refractivity contribution is -0.295. The molecule has 2 fully saturated rings. The van der Waals surface area contributed by atoms with Crippen LogP contribution in [0, 0.1) is 0 Å². The summed E-state index contributed by atoms with van der Waals surface area (Å²) < 4.78 is 34.3. The van der Waals surface area contributed by atoms with Crippen molar-refractivity contribution >= 4 is 8.32 Å². The van der Waals surface area contributed by atoms with Crippen LogP contribution in [0.1, 0.15) is 34.6 Å². The van der Waals surface area contributed by atoms with Crippen molar-refractivity contribution in [3.8, 4) is 0 Å². The van der Waals surface area contributed by atoms with E-state index in [9.17, 15) is 5.11 Å². The summed E-state index contributed by atoms with van der Waals surface area (Å²) >= 11 is 0. The summed E-state index contributed by atoms with van der Waals surface area (Å²) in [5, 5.41) is 15.0. The van der Waals surface area contributed by atoms with Crippen molar-refractivity contribution in [1.29, 1.82) is 0 Å². The number of methoxy groups -OCH3 is 1. The third kappa shape index (κ3) is 5.49. The van der Waals surface area contributed by atoms with Crippen molar-refractivity contribution in [3.05, 3.63) is 10.4 Å². The van der Waals surface area contributed by atoms with Gasteiger partial charge in [0.15, 0.2) is 14.1 Å². The molecule has 0 aromatic carbocycles. The van der Waals surface area contributed by atoms with E-state index in [0.29, 0.717) is 0 Å². The number of ether oxygens (including phenoxy) is 5. The Balaban J connectivity index is 2.23. The van der Waals surface area contributed by atoms with Crippen LogP contribution in [0.4, 0.5) is 0 Å². The van der Waals surface area contributed by atoms with Gasteiger partial charge in [0.2, 0.25) is 5.79 Å². The Morgan fingerprint density at radius 2 is 1.90 bits per heavy atom. The molecule has 10 nitrogen and oxygen atoms in total. The molecule has 2 heterocycles. The van der Waals surface area contributed by atoms with Crippen molar-refractivity contribution in [1.82, 2.24) is 0 Å². The highest BCUT2D eigenvalue weighted by Gasteiger charge is 2.64. The van der Waals surface area contributed by atoms with Gasteiger partial charge in [-0.05, 0) is 37.5 Å². The second-order valence-electron chi connectivity index (χ2n) is 9.55. The molecule has 0 bridgehead atoms. The Labute approximate surface area is 173 Å². The second-order valence-corrected chi connectivity index (χ2v) is 14.4. The topological polar surface area (TPSA) is 124 Å². The summed E-state index contributed by atoms with van der Waals surface area (Å²) in [4.78, 5) is 2.97. The average molecular weight is 434 g/mol. The van der Waals surface area contributed by atoms with Gasteiger partial charge in [0.05, 0.1) is 6.04 Å². The Hall–Kier alpha value is -0.753. The molecule has 0 radical (unpaired) electrons. The van der Waals surface area contributed by atoms with E-state index < -0.39 is 44.2 Å². The number of aliphatic hydroxyl groups is 1. The van der Waals surface area contributed by atoms with Crippen LogP contribution in [0.15, 0.2) is 5.11 Å². The molecular formula is C18H35N3O7Si. The zero-order valence-corrected chi connectivity index (χ0v) is 19.7. The van der Waals surface area contributed by atoms with Crippen molar-refractivity contribution in [3.63, 3.8) is 0 Å². The first kappa shape index (κ1) is 24.5. The average Bonchev–Trinajstić information content (AvgIpc) is 3.03. The van der Waals surface area contributed by atoms with E-state index in [2.05, 4.69) is 43.9 Å². The van der Waals surface area contributed by atoms with E-state index in [1.807, 2.05) is 0 Å². The highest BCUT2D eigenvalue weighted by atomic mass is 28.4. The van der Waals surface area contributed by atoms with Crippen LogP contribution >= 0.6 is 0 Å². The summed E-state index contributed by atoms with van der Waals surface area (Å²) in [5.74, 6) is -2.68. The van der Waals surface area contributed by atoms with E-state index in [0.717, 1.165) is 0 Å². The van der Waals surface area contributed by atoms with Crippen molar-refractivity contribution < 1.29 is 33.2 Å². The third-order valence-corrected chi connectivity index (χ3v) is 10.2. The monoisotopic (exact) mass is 433 g/mol. The van der Waals surface area contributed by atoms with Gasteiger partial charge in [0.1, 0.15) is 31.7 Å². The summed E-state index contributed by atoms with van der Waals surface area (Å²) in [6.45, 7) is 14.1. The largest absolute Gasteiger partial charge is 0.416 e. The lowest BCUT2D eigenvalue weighted by Gasteiger charge is -2.38. The number of nitrogens with zero attached hydrogens (tertiary/aromatic N) is 3. The molecule has 0 amide bonds. The number of hydrogen-bond acceptors (Lipinski definition) is 8. The second kappa shape index (κ2) is 8.78. The molecule has 5 atom stereocenters. The van der Waals surface area contributed by atoms with Gasteiger partial charge in [-0.25, -0.2) is 0 Å². The first-order valence-electron chi connectivity index (χ1n) is 9.77. The Morgan fingerprint density at radius 3 is 2.45 bits per heavy atom. The summed E-state index contributed by atoms with van der Waals surface area (Å²) in [6, 6.07) is -0.699. The fraction of sp³-hybridized carbons (Fsp3) is 1.00. The van der Waals surface area contributed by atoms with Crippen LogP contribution in [0.5, 0.6) is 0 Å². The predicted octanol–water partition coefficient (Wildman–Crippen LogP) is 2.92. The number of rotatable bonds is 9. The summed E-state index contributed by atoms with van der Waals surface area (Å²) in [6.07, 6.45) is -2.19. The molecule has 1 unspecified atom stereocenters. The molecule has 29 heavy (non-hydrogen) atoms. The van der Waals surface area contributed by atoms with E-state index in [1.54, 1.807) is 13.8 Å². The van der Waals surface area contributed by atoms with Gasteiger partial charge in [-0.15, -0.1) is 0 Å². The van der Waals surface area contributed by atoms with Crippen molar-refractivity contribution in [2.24, 2.45) is 5.11 Å². The Bertz CT molecular complexity index is 621. The van der Waals surface area contributed by atoms with Crippen molar-refractivity contribution in [2.45, 2.75) is 88.7 Å². The van der Waals surface area contributed by atoms with Crippen LogP contribution in [-0.2, 0) is 28.1 Å². The molecule has 2 aliphatic rings. The summed E-state index contributed by atoms with van der Waals surface area (Å²) in [5.41, 5.74) is 9.12. The Kier molecular flexibility index (Phi) is 7.42. The molecule has 0 aromatic heterocycles. The molecule has 11 heteroatoms. The molecule has 168 valence electrons. The minimum atomic E-state index is -2.09. The number of azide groups is 1. The zero-order valence-electron chi connectivity index (χ0n) is 18.7. The van der Waals surface area contributed by atoms with Gasteiger partial charge >= 0.3 is 0 Å². The van der Waals surface area contributed by atoms with Crippen LogP contribution in [-0.4, -0.2) is 76.5 Å². The van der Waals surface area contributed by atoms with Gasteiger partial charge < -0.3 is 33.2 Å². The minimum Gasteiger partial charge on any atom is -0.416 e. The number of hydrogen-bond donors (Lipinski definition) is 1. The maximum absolute atomic E-state index is 11.1. The molecule has 2 aliphatic heterocycles. The zero-order chi connectivity index (χ0) is 22.1. The highest BCUT2D eigenvalue weighted by Crippen LogP contribution is 2.45. The van der Waals surface area contributed by atoms with E-state index in [4.69, 9.17) is 33.6 Å². The number of fused-ring (bicyclic) bond motifs is 1. The quantitative estimate of drug-likeness (QED) is 0.148. The maximum Gasteiger partial charge on any atom is 0.219 e. The lowest BCUT2D eigenvalue weighted by Crippen LogP contribution is -2.47. The summed E-state index contributed by atoms with van der Waals surface area (Å²) in [7, 11) is -0.600. The van der Waals surface area contributed by atoms with Gasteiger partial charge in [-0.3, -0.25) is 0 Å². The first-order chi connectivity index (χ1) is 13.3. The van der Waals surface area contributed by atoms with Crippen LogP contribution < -0.4 is 0 Å². The highest BCUT2D eigenvalue weighted by molar-refractivity contribution is 6.74.